The fraction of sp³-hybridized carbons (Fsp3) is 0.579. The highest BCUT2D eigenvalue weighted by Gasteiger charge is 2.26. The molecule has 0 aliphatic heterocycles. The molecule has 0 bridgehead atoms. The zero-order valence-electron chi connectivity index (χ0n) is 13.1. The molecular formula is C19H24FNO. The van der Waals surface area contributed by atoms with Crippen LogP contribution in [-0.4, -0.2) is 11.2 Å². The third kappa shape index (κ3) is 2.86. The van der Waals surface area contributed by atoms with Crippen molar-refractivity contribution in [3.05, 3.63) is 30.2 Å². The van der Waals surface area contributed by atoms with Crippen molar-refractivity contribution in [2.45, 2.75) is 57.4 Å². The van der Waals surface area contributed by atoms with Gasteiger partial charge in [-0.2, -0.15) is 0 Å². The van der Waals surface area contributed by atoms with Gasteiger partial charge in [0.1, 0.15) is 11.6 Å². The van der Waals surface area contributed by atoms with Crippen LogP contribution in [0.4, 0.5) is 4.39 Å². The van der Waals surface area contributed by atoms with Gasteiger partial charge in [-0.25, -0.2) is 4.39 Å². The normalized spacial score (nSPS) is 19.7. The van der Waals surface area contributed by atoms with E-state index in [0.29, 0.717) is 12.6 Å². The second-order valence-electron chi connectivity index (χ2n) is 6.94. The lowest BCUT2D eigenvalue weighted by Crippen LogP contribution is -2.11. The molecule has 0 N–H and O–H groups in total. The Morgan fingerprint density at radius 3 is 2.68 bits per heavy atom. The Hall–Kier alpha value is -1.51. The highest BCUT2D eigenvalue weighted by molar-refractivity contribution is 5.86. The van der Waals surface area contributed by atoms with Crippen LogP contribution < -0.4 is 4.74 Å². The third-order valence-corrected chi connectivity index (χ3v) is 5.19. The molecular weight excluding hydrogens is 277 g/mol. The fourth-order valence-corrected chi connectivity index (χ4v) is 3.81. The Kier molecular flexibility index (Phi) is 3.81. The summed E-state index contributed by atoms with van der Waals surface area (Å²) in [6.45, 7) is 0.707. The van der Waals surface area contributed by atoms with Crippen molar-refractivity contribution < 1.29 is 9.13 Å². The van der Waals surface area contributed by atoms with E-state index < -0.39 is 0 Å². The molecule has 0 atom stereocenters. The van der Waals surface area contributed by atoms with Gasteiger partial charge in [-0.3, -0.25) is 0 Å². The molecule has 22 heavy (non-hydrogen) atoms. The summed E-state index contributed by atoms with van der Waals surface area (Å²) in [4.78, 5) is 0. The number of aromatic nitrogens is 1. The summed E-state index contributed by atoms with van der Waals surface area (Å²) < 4.78 is 22.1. The van der Waals surface area contributed by atoms with E-state index in [1.54, 1.807) is 12.1 Å². The predicted molar refractivity (Wildman–Crippen MR) is 86.9 cm³/mol. The third-order valence-electron chi connectivity index (χ3n) is 5.19. The van der Waals surface area contributed by atoms with Crippen LogP contribution in [0.5, 0.6) is 5.75 Å². The van der Waals surface area contributed by atoms with Gasteiger partial charge in [-0.15, -0.1) is 0 Å². The SMILES string of the molecule is Fc1cc(OCCC2CCCCC2)c2c(ccn2C2CC2)c1. The molecule has 0 unspecified atom stereocenters. The lowest BCUT2D eigenvalue weighted by molar-refractivity contribution is 0.247. The zero-order chi connectivity index (χ0) is 14.9. The van der Waals surface area contributed by atoms with Crippen LogP contribution in [0, 0.1) is 11.7 Å². The first-order chi connectivity index (χ1) is 10.8. The Bertz CT molecular complexity index is 653. The number of ether oxygens (including phenoxy) is 1. The molecule has 1 heterocycles. The van der Waals surface area contributed by atoms with Crippen LogP contribution in [0.3, 0.4) is 0 Å². The Morgan fingerprint density at radius 2 is 1.91 bits per heavy atom. The van der Waals surface area contributed by atoms with Crippen LogP contribution in [0.2, 0.25) is 0 Å². The Labute approximate surface area is 131 Å². The first-order valence-electron chi connectivity index (χ1n) is 8.74. The highest BCUT2D eigenvalue weighted by atomic mass is 19.1. The minimum Gasteiger partial charge on any atom is -0.491 e. The topological polar surface area (TPSA) is 14.2 Å². The van der Waals surface area contributed by atoms with E-state index in [4.69, 9.17) is 4.74 Å². The number of fused-ring (bicyclic) bond motifs is 1. The largest absolute Gasteiger partial charge is 0.491 e. The van der Waals surface area contributed by atoms with Crippen molar-refractivity contribution in [2.24, 2.45) is 5.92 Å². The van der Waals surface area contributed by atoms with Crippen LogP contribution >= 0.6 is 0 Å². The molecule has 0 radical (unpaired) electrons. The van der Waals surface area contributed by atoms with Gasteiger partial charge in [0.15, 0.2) is 0 Å². The van der Waals surface area contributed by atoms with Gasteiger partial charge in [0.05, 0.1) is 12.1 Å². The van der Waals surface area contributed by atoms with Crippen LogP contribution in [0.25, 0.3) is 10.9 Å². The quantitative estimate of drug-likeness (QED) is 0.714. The van der Waals surface area contributed by atoms with Crippen molar-refractivity contribution in [1.82, 2.24) is 4.57 Å². The minimum atomic E-state index is -0.200. The molecule has 0 amide bonds. The van der Waals surface area contributed by atoms with Crippen LogP contribution in [0.15, 0.2) is 24.4 Å². The lowest BCUT2D eigenvalue weighted by atomic mass is 9.87. The van der Waals surface area contributed by atoms with Crippen molar-refractivity contribution >= 4 is 10.9 Å². The number of hydrogen-bond acceptors (Lipinski definition) is 1. The van der Waals surface area contributed by atoms with E-state index in [1.807, 2.05) is 6.07 Å². The fourth-order valence-electron chi connectivity index (χ4n) is 3.81. The number of nitrogens with zero attached hydrogens (tertiary/aromatic N) is 1. The summed E-state index contributed by atoms with van der Waals surface area (Å²) in [5.41, 5.74) is 1.08. The molecule has 2 saturated carbocycles. The van der Waals surface area contributed by atoms with E-state index in [1.165, 1.54) is 44.9 Å². The lowest BCUT2D eigenvalue weighted by Gasteiger charge is -2.21. The molecule has 4 rings (SSSR count). The molecule has 1 aromatic carbocycles. The molecule has 0 spiro atoms. The summed E-state index contributed by atoms with van der Waals surface area (Å²) >= 11 is 0. The molecule has 1 aromatic heterocycles. The molecule has 3 heteroatoms. The maximum atomic E-state index is 13.8. The predicted octanol–water partition coefficient (Wildman–Crippen LogP) is 5.46. The van der Waals surface area contributed by atoms with E-state index in [2.05, 4.69) is 10.8 Å². The maximum absolute atomic E-state index is 13.8. The van der Waals surface area contributed by atoms with Gasteiger partial charge in [0.2, 0.25) is 0 Å². The second-order valence-corrected chi connectivity index (χ2v) is 6.94. The first-order valence-corrected chi connectivity index (χ1v) is 8.74. The average Bonchev–Trinajstić information content (AvgIpc) is 3.28. The van der Waals surface area contributed by atoms with Gasteiger partial charge in [0, 0.05) is 23.7 Å². The Balaban J connectivity index is 1.51. The summed E-state index contributed by atoms with van der Waals surface area (Å²) in [5, 5.41) is 0.958. The standard InChI is InChI=1S/C19H24FNO/c20-16-12-15-8-10-21(17-6-7-17)19(15)18(13-16)22-11-9-14-4-2-1-3-5-14/h8,10,12-14,17H,1-7,9,11H2. The zero-order valence-corrected chi connectivity index (χ0v) is 13.1. The van der Waals surface area contributed by atoms with E-state index >= 15 is 0 Å². The maximum Gasteiger partial charge on any atom is 0.146 e. The first kappa shape index (κ1) is 14.1. The number of hydrogen-bond donors (Lipinski definition) is 0. The van der Waals surface area contributed by atoms with E-state index in [-0.39, 0.29) is 5.82 Å². The van der Waals surface area contributed by atoms with Crippen molar-refractivity contribution in [1.29, 1.82) is 0 Å². The summed E-state index contributed by atoms with van der Waals surface area (Å²) in [7, 11) is 0. The molecule has 0 saturated heterocycles. The summed E-state index contributed by atoms with van der Waals surface area (Å²) in [5.74, 6) is 1.32. The van der Waals surface area contributed by atoms with Gasteiger partial charge < -0.3 is 9.30 Å². The number of benzene rings is 1. The summed E-state index contributed by atoms with van der Waals surface area (Å²) in [6.07, 6.45) is 12.4. The van der Waals surface area contributed by atoms with Gasteiger partial charge >= 0.3 is 0 Å². The summed E-state index contributed by atoms with van der Waals surface area (Å²) in [6, 6.07) is 5.76. The smallest absolute Gasteiger partial charge is 0.146 e. The monoisotopic (exact) mass is 301 g/mol. The highest BCUT2D eigenvalue weighted by Crippen LogP contribution is 2.40. The Morgan fingerprint density at radius 1 is 1.09 bits per heavy atom. The minimum absolute atomic E-state index is 0.200. The van der Waals surface area contributed by atoms with E-state index in [9.17, 15) is 4.39 Å². The van der Waals surface area contributed by atoms with Crippen molar-refractivity contribution in [3.8, 4) is 5.75 Å². The van der Waals surface area contributed by atoms with Crippen molar-refractivity contribution in [2.75, 3.05) is 6.61 Å². The van der Waals surface area contributed by atoms with Gasteiger partial charge in [0.25, 0.3) is 0 Å². The number of rotatable bonds is 5. The van der Waals surface area contributed by atoms with Crippen LogP contribution in [-0.2, 0) is 0 Å². The molecule has 118 valence electrons. The van der Waals surface area contributed by atoms with Crippen molar-refractivity contribution in [3.63, 3.8) is 0 Å². The molecule has 2 fully saturated rings. The second kappa shape index (κ2) is 5.94. The molecule has 2 aliphatic carbocycles. The molecule has 2 aromatic rings. The number of halogens is 1. The molecule has 2 nitrogen and oxygen atoms in total. The van der Waals surface area contributed by atoms with Gasteiger partial charge in [-0.1, -0.05) is 32.1 Å². The van der Waals surface area contributed by atoms with Gasteiger partial charge in [-0.05, 0) is 37.3 Å². The molecule has 2 aliphatic rings. The van der Waals surface area contributed by atoms with Crippen LogP contribution in [0.1, 0.15) is 57.4 Å². The average molecular weight is 301 g/mol. The van der Waals surface area contributed by atoms with E-state index in [0.717, 1.165) is 29.0 Å².